The summed E-state index contributed by atoms with van der Waals surface area (Å²) in [5.74, 6) is 0.152. The van der Waals surface area contributed by atoms with Gasteiger partial charge in [0.2, 0.25) is 0 Å². The van der Waals surface area contributed by atoms with Crippen LogP contribution < -0.4 is 0 Å². The van der Waals surface area contributed by atoms with Crippen molar-refractivity contribution in [3.05, 3.63) is 59.7 Å². The lowest BCUT2D eigenvalue weighted by atomic mass is 9.93. The lowest BCUT2D eigenvalue weighted by molar-refractivity contribution is -0.131. The maximum Gasteiger partial charge on any atom is 0.410 e. The summed E-state index contributed by atoms with van der Waals surface area (Å²) in [6.07, 6.45) is -0.0616. The van der Waals surface area contributed by atoms with Crippen LogP contribution in [0.2, 0.25) is 0 Å². The number of morpholine rings is 1. The lowest BCUT2D eigenvalue weighted by Crippen LogP contribution is -2.64. The molecule has 144 valence electrons. The molecule has 3 unspecified atom stereocenters. The summed E-state index contributed by atoms with van der Waals surface area (Å²) in [6, 6.07) is 16.0. The van der Waals surface area contributed by atoms with E-state index in [1.807, 2.05) is 24.3 Å². The van der Waals surface area contributed by atoms with Crippen LogP contribution in [0.3, 0.4) is 0 Å². The number of alkyl halides is 1. The molecule has 0 spiro atoms. The van der Waals surface area contributed by atoms with E-state index in [1.54, 1.807) is 4.90 Å². The SMILES string of the molecule is O=C1CC2COCC(C1Br)N2C(=O)OCC1c2ccccc2-c2ccccc21. The van der Waals surface area contributed by atoms with Gasteiger partial charge in [-0.2, -0.15) is 0 Å². The molecular formula is C22H20BrNO4. The zero-order chi connectivity index (χ0) is 19.3. The van der Waals surface area contributed by atoms with E-state index in [0.29, 0.717) is 19.6 Å². The van der Waals surface area contributed by atoms with Crippen molar-refractivity contribution in [3.8, 4) is 11.1 Å². The molecule has 3 aliphatic rings. The summed E-state index contributed by atoms with van der Waals surface area (Å²) in [5, 5.41) is 0. The van der Waals surface area contributed by atoms with Crippen molar-refractivity contribution in [2.24, 2.45) is 0 Å². The zero-order valence-electron chi connectivity index (χ0n) is 15.2. The topological polar surface area (TPSA) is 55.8 Å². The van der Waals surface area contributed by atoms with Crippen molar-refractivity contribution in [2.75, 3.05) is 19.8 Å². The molecule has 0 aromatic heterocycles. The van der Waals surface area contributed by atoms with E-state index in [0.717, 1.165) is 0 Å². The molecule has 5 rings (SSSR count). The van der Waals surface area contributed by atoms with E-state index in [2.05, 4.69) is 40.2 Å². The van der Waals surface area contributed by atoms with Crippen LogP contribution in [-0.4, -0.2) is 53.5 Å². The standard InChI is InChI=1S/C22H20BrNO4/c23-21-19-12-27-10-13(9-20(21)25)24(19)22(26)28-11-18-16-7-3-1-5-14(16)15-6-2-4-8-17(15)18/h1-8,13,18-19,21H,9-12H2. The number of benzene rings is 2. The molecule has 2 aliphatic heterocycles. The second-order valence-corrected chi connectivity index (χ2v) is 8.53. The van der Waals surface area contributed by atoms with Crippen LogP contribution in [0.25, 0.3) is 11.1 Å². The monoisotopic (exact) mass is 441 g/mol. The second kappa shape index (κ2) is 7.01. The van der Waals surface area contributed by atoms with Gasteiger partial charge in [0.1, 0.15) is 6.61 Å². The van der Waals surface area contributed by atoms with Gasteiger partial charge >= 0.3 is 6.09 Å². The number of ether oxygens (including phenoxy) is 2. The highest BCUT2D eigenvalue weighted by atomic mass is 79.9. The number of fused-ring (bicyclic) bond motifs is 5. The summed E-state index contributed by atoms with van der Waals surface area (Å²) in [5.41, 5.74) is 4.78. The van der Waals surface area contributed by atoms with Crippen LogP contribution in [0.15, 0.2) is 48.5 Å². The molecule has 2 bridgehead atoms. The number of hydrogen-bond acceptors (Lipinski definition) is 4. The maximum atomic E-state index is 13.0. The Morgan fingerprint density at radius 1 is 1.07 bits per heavy atom. The highest BCUT2D eigenvalue weighted by Gasteiger charge is 2.47. The first-order valence-corrected chi connectivity index (χ1v) is 10.4. The van der Waals surface area contributed by atoms with Gasteiger partial charge in [-0.05, 0) is 22.3 Å². The number of rotatable bonds is 2. The van der Waals surface area contributed by atoms with E-state index in [-0.39, 0.29) is 36.5 Å². The second-order valence-electron chi connectivity index (χ2n) is 7.54. The Morgan fingerprint density at radius 3 is 2.39 bits per heavy atom. The van der Waals surface area contributed by atoms with Gasteiger partial charge in [-0.3, -0.25) is 9.69 Å². The van der Waals surface area contributed by atoms with E-state index < -0.39 is 4.83 Å². The molecule has 5 nitrogen and oxygen atoms in total. The molecule has 3 atom stereocenters. The number of ketones is 1. The number of halogens is 1. The van der Waals surface area contributed by atoms with Gasteiger partial charge in [0.05, 0.1) is 30.1 Å². The van der Waals surface area contributed by atoms with Gasteiger partial charge in [0.15, 0.2) is 5.78 Å². The van der Waals surface area contributed by atoms with Gasteiger partial charge < -0.3 is 9.47 Å². The minimum Gasteiger partial charge on any atom is -0.448 e. The van der Waals surface area contributed by atoms with Gasteiger partial charge in [-0.15, -0.1) is 0 Å². The molecule has 1 aliphatic carbocycles. The normalized spacial score (nSPS) is 26.0. The van der Waals surface area contributed by atoms with Gasteiger partial charge in [-0.1, -0.05) is 64.5 Å². The number of piperidine rings is 1. The highest BCUT2D eigenvalue weighted by Crippen LogP contribution is 2.44. The third-order valence-electron chi connectivity index (χ3n) is 5.98. The Kier molecular flexibility index (Phi) is 4.48. The van der Waals surface area contributed by atoms with E-state index in [9.17, 15) is 9.59 Å². The summed E-state index contributed by atoms with van der Waals surface area (Å²) in [4.78, 5) is 26.4. The average molecular weight is 442 g/mol. The largest absolute Gasteiger partial charge is 0.448 e. The summed E-state index contributed by atoms with van der Waals surface area (Å²) in [7, 11) is 0. The Labute approximate surface area is 171 Å². The van der Waals surface area contributed by atoms with E-state index >= 15 is 0 Å². The number of nitrogens with zero attached hydrogens (tertiary/aromatic N) is 1. The number of Topliss-reactive ketones (excluding diaryl/α,β-unsaturated/α-hetero) is 1. The average Bonchev–Trinajstić information content (AvgIpc) is 3.04. The summed E-state index contributed by atoms with van der Waals surface area (Å²) >= 11 is 3.43. The van der Waals surface area contributed by atoms with Gasteiger partial charge in [0.25, 0.3) is 0 Å². The third kappa shape index (κ3) is 2.78. The Hall–Kier alpha value is -2.18. The Balaban J connectivity index is 1.37. The molecule has 0 saturated carbocycles. The molecule has 6 heteroatoms. The number of hydrogen-bond donors (Lipinski definition) is 0. The maximum absolute atomic E-state index is 13.0. The van der Waals surface area contributed by atoms with Crippen LogP contribution in [0.4, 0.5) is 4.79 Å². The van der Waals surface area contributed by atoms with Crippen molar-refractivity contribution >= 4 is 27.8 Å². The highest BCUT2D eigenvalue weighted by molar-refractivity contribution is 9.10. The number of carbonyl (C=O) groups is 2. The molecule has 0 N–H and O–H groups in total. The number of amides is 1. The molecule has 2 fully saturated rings. The minimum atomic E-state index is -0.399. The third-order valence-corrected chi connectivity index (χ3v) is 7.10. The zero-order valence-corrected chi connectivity index (χ0v) is 16.8. The van der Waals surface area contributed by atoms with Crippen LogP contribution in [0.5, 0.6) is 0 Å². The quantitative estimate of drug-likeness (QED) is 0.666. The fourth-order valence-corrected chi connectivity index (χ4v) is 5.25. The molecule has 1 amide bonds. The van der Waals surface area contributed by atoms with E-state index in [4.69, 9.17) is 9.47 Å². The molecule has 0 radical (unpaired) electrons. The predicted octanol–water partition coefficient (Wildman–Crippen LogP) is 3.74. The molecule has 2 saturated heterocycles. The van der Waals surface area contributed by atoms with Crippen LogP contribution >= 0.6 is 15.9 Å². The Morgan fingerprint density at radius 2 is 1.71 bits per heavy atom. The van der Waals surface area contributed by atoms with Crippen LogP contribution in [0, 0.1) is 0 Å². The fourth-order valence-electron chi connectivity index (χ4n) is 4.65. The van der Waals surface area contributed by atoms with Crippen molar-refractivity contribution in [1.29, 1.82) is 0 Å². The van der Waals surface area contributed by atoms with Gasteiger partial charge in [0, 0.05) is 12.3 Å². The minimum absolute atomic E-state index is 0.0265. The number of carbonyl (C=O) groups excluding carboxylic acids is 2. The predicted molar refractivity (Wildman–Crippen MR) is 108 cm³/mol. The van der Waals surface area contributed by atoms with Crippen molar-refractivity contribution < 1.29 is 19.1 Å². The van der Waals surface area contributed by atoms with E-state index in [1.165, 1.54) is 22.3 Å². The Bertz CT molecular complexity index is 900. The molecular weight excluding hydrogens is 422 g/mol. The van der Waals surface area contributed by atoms with Crippen molar-refractivity contribution in [3.63, 3.8) is 0 Å². The van der Waals surface area contributed by atoms with Gasteiger partial charge in [-0.25, -0.2) is 4.79 Å². The lowest BCUT2D eigenvalue weighted by Gasteiger charge is -2.46. The first-order valence-electron chi connectivity index (χ1n) is 9.53. The molecule has 28 heavy (non-hydrogen) atoms. The first kappa shape index (κ1) is 17.9. The van der Waals surface area contributed by atoms with Crippen LogP contribution in [-0.2, 0) is 14.3 Å². The molecule has 2 heterocycles. The summed E-state index contributed by atoms with van der Waals surface area (Å²) < 4.78 is 11.4. The summed E-state index contributed by atoms with van der Waals surface area (Å²) in [6.45, 7) is 1.01. The fraction of sp³-hybridized carbons (Fsp3) is 0.364. The van der Waals surface area contributed by atoms with Crippen LogP contribution in [0.1, 0.15) is 23.5 Å². The van der Waals surface area contributed by atoms with Crippen molar-refractivity contribution in [2.45, 2.75) is 29.2 Å². The van der Waals surface area contributed by atoms with Crippen molar-refractivity contribution in [1.82, 2.24) is 4.90 Å². The molecule has 2 aromatic rings. The smallest absolute Gasteiger partial charge is 0.410 e. The first-order chi connectivity index (χ1) is 13.6. The molecule has 2 aromatic carbocycles.